The molecule has 26 heavy (non-hydrogen) atoms. The van der Waals surface area contributed by atoms with Crippen LogP contribution >= 0.6 is 11.6 Å². The van der Waals surface area contributed by atoms with Gasteiger partial charge < -0.3 is 4.74 Å². The molecule has 0 aliphatic carbocycles. The fourth-order valence-electron chi connectivity index (χ4n) is 2.93. The van der Waals surface area contributed by atoms with Crippen molar-refractivity contribution in [2.75, 3.05) is 13.2 Å². The topological polar surface area (TPSA) is 48.5 Å². The first-order valence-corrected chi connectivity index (χ1v) is 9.23. The van der Waals surface area contributed by atoms with Gasteiger partial charge in [0, 0.05) is 41.4 Å². The van der Waals surface area contributed by atoms with Crippen LogP contribution in [0.15, 0.2) is 29.3 Å². The van der Waals surface area contributed by atoms with E-state index in [1.54, 1.807) is 18.2 Å². The molecule has 0 aliphatic rings. The lowest BCUT2D eigenvalue weighted by Gasteiger charge is -2.20. The summed E-state index contributed by atoms with van der Waals surface area (Å²) < 4.78 is 9.52. The van der Waals surface area contributed by atoms with Gasteiger partial charge in [-0.2, -0.15) is 4.99 Å². The molecule has 1 aromatic heterocycles. The molecule has 0 atom stereocenters. The Morgan fingerprint density at radius 2 is 2.00 bits per heavy atom. The summed E-state index contributed by atoms with van der Waals surface area (Å²) in [6.07, 6.45) is 0. The summed E-state index contributed by atoms with van der Waals surface area (Å²) in [4.78, 5) is 17.2. The Morgan fingerprint density at radius 1 is 1.31 bits per heavy atom. The molecule has 0 spiro atoms. The maximum absolute atomic E-state index is 12.8. The zero-order chi connectivity index (χ0) is 19.5. The number of nitrogens with zero attached hydrogens (tertiary/aromatic N) is 3. The highest BCUT2D eigenvalue weighted by Crippen LogP contribution is 2.21. The first kappa shape index (κ1) is 20.5. The minimum atomic E-state index is -0.291. The van der Waals surface area contributed by atoms with E-state index >= 15 is 0 Å². The van der Waals surface area contributed by atoms with Crippen molar-refractivity contribution >= 4 is 17.5 Å². The highest BCUT2D eigenvalue weighted by Gasteiger charge is 2.20. The van der Waals surface area contributed by atoms with Crippen molar-refractivity contribution in [2.45, 2.75) is 46.6 Å². The molecule has 1 aromatic carbocycles. The Labute approximate surface area is 160 Å². The molecule has 0 saturated carbocycles. The summed E-state index contributed by atoms with van der Waals surface area (Å²) in [5.74, 6) is -0.291. The quantitative estimate of drug-likeness (QED) is 0.743. The van der Waals surface area contributed by atoms with Gasteiger partial charge in [0.15, 0.2) is 5.49 Å². The third-order valence-electron chi connectivity index (χ3n) is 4.38. The molecular weight excluding hydrogens is 350 g/mol. The summed E-state index contributed by atoms with van der Waals surface area (Å²) >= 11 is 6.15. The summed E-state index contributed by atoms with van der Waals surface area (Å²) in [6, 6.07) is 7.28. The highest BCUT2D eigenvalue weighted by molar-refractivity contribution is 6.31. The molecule has 0 unspecified atom stereocenters. The van der Waals surface area contributed by atoms with Crippen molar-refractivity contribution in [1.29, 1.82) is 0 Å². The summed E-state index contributed by atoms with van der Waals surface area (Å²) in [5, 5.41) is 0.568. The van der Waals surface area contributed by atoms with E-state index in [0.717, 1.165) is 11.3 Å². The SMILES string of the molecule is CCOCCn1c(=NC(=O)c2cccc(Cl)c2C)cc(C(C)(C)C)n1C. The predicted molar refractivity (Wildman–Crippen MR) is 105 cm³/mol. The minimum absolute atomic E-state index is 0.0646. The van der Waals surface area contributed by atoms with Gasteiger partial charge in [0.05, 0.1) is 13.2 Å². The van der Waals surface area contributed by atoms with Gasteiger partial charge in [-0.25, -0.2) is 0 Å². The molecule has 0 saturated heterocycles. The van der Waals surface area contributed by atoms with Crippen LogP contribution in [-0.4, -0.2) is 28.5 Å². The van der Waals surface area contributed by atoms with E-state index in [-0.39, 0.29) is 11.3 Å². The van der Waals surface area contributed by atoms with Gasteiger partial charge in [0.25, 0.3) is 5.91 Å². The molecule has 142 valence electrons. The van der Waals surface area contributed by atoms with E-state index < -0.39 is 0 Å². The van der Waals surface area contributed by atoms with Crippen molar-refractivity contribution in [3.05, 3.63) is 51.6 Å². The lowest BCUT2D eigenvalue weighted by molar-refractivity contribution is 0.0994. The van der Waals surface area contributed by atoms with Crippen LogP contribution in [0.1, 0.15) is 49.3 Å². The molecule has 1 amide bonds. The average Bonchev–Trinajstić information content (AvgIpc) is 2.87. The second-order valence-corrected chi connectivity index (χ2v) is 7.72. The number of aromatic nitrogens is 2. The van der Waals surface area contributed by atoms with Crippen LogP contribution in [0.25, 0.3) is 0 Å². The number of ether oxygens (including phenoxy) is 1. The van der Waals surface area contributed by atoms with E-state index in [9.17, 15) is 4.79 Å². The van der Waals surface area contributed by atoms with Crippen LogP contribution in [0.4, 0.5) is 0 Å². The van der Waals surface area contributed by atoms with E-state index in [0.29, 0.717) is 35.8 Å². The van der Waals surface area contributed by atoms with Crippen molar-refractivity contribution in [1.82, 2.24) is 9.36 Å². The average molecular weight is 378 g/mol. The zero-order valence-corrected chi connectivity index (χ0v) is 17.2. The third-order valence-corrected chi connectivity index (χ3v) is 4.78. The van der Waals surface area contributed by atoms with Crippen LogP contribution in [0.2, 0.25) is 5.02 Å². The Hall–Kier alpha value is -1.85. The third kappa shape index (κ3) is 4.46. The smallest absolute Gasteiger partial charge is 0.279 e. The molecule has 0 bridgehead atoms. The number of carbonyl (C=O) groups excluding carboxylic acids is 1. The maximum Gasteiger partial charge on any atom is 0.279 e. The molecule has 0 aliphatic heterocycles. The number of halogens is 1. The van der Waals surface area contributed by atoms with Crippen molar-refractivity contribution < 1.29 is 9.53 Å². The molecule has 0 fully saturated rings. The molecule has 0 N–H and O–H groups in total. The number of hydrogen-bond acceptors (Lipinski definition) is 2. The fourth-order valence-corrected chi connectivity index (χ4v) is 3.10. The molecule has 2 aromatic rings. The normalized spacial score (nSPS) is 12.7. The highest BCUT2D eigenvalue weighted by atomic mass is 35.5. The first-order valence-electron chi connectivity index (χ1n) is 8.86. The first-order chi connectivity index (χ1) is 12.2. The van der Waals surface area contributed by atoms with Crippen LogP contribution in [0, 0.1) is 6.92 Å². The molecular formula is C20H28ClN3O2. The van der Waals surface area contributed by atoms with Gasteiger partial charge in [0.2, 0.25) is 0 Å². The molecule has 0 radical (unpaired) electrons. The number of hydrogen-bond donors (Lipinski definition) is 0. The summed E-state index contributed by atoms with van der Waals surface area (Å²) in [7, 11) is 1.99. The van der Waals surface area contributed by atoms with Crippen LogP contribution in [-0.2, 0) is 23.7 Å². The largest absolute Gasteiger partial charge is 0.380 e. The van der Waals surface area contributed by atoms with Crippen LogP contribution in [0.3, 0.4) is 0 Å². The second kappa shape index (κ2) is 8.23. The minimum Gasteiger partial charge on any atom is -0.380 e. The van der Waals surface area contributed by atoms with Crippen LogP contribution < -0.4 is 5.49 Å². The van der Waals surface area contributed by atoms with E-state index in [1.165, 1.54) is 0 Å². The number of amides is 1. The predicted octanol–water partition coefficient (Wildman–Crippen LogP) is 3.86. The standard InChI is InChI=1S/C20H28ClN3O2/c1-7-26-12-11-24-18(13-17(23(24)6)20(3,4)5)22-19(25)15-9-8-10-16(21)14(15)2/h8-10,13H,7,11-12H2,1-6H3. The zero-order valence-electron chi connectivity index (χ0n) is 16.5. The van der Waals surface area contributed by atoms with Gasteiger partial charge >= 0.3 is 0 Å². The van der Waals surface area contributed by atoms with E-state index in [2.05, 4.69) is 30.4 Å². The number of benzene rings is 1. The van der Waals surface area contributed by atoms with Gasteiger partial charge in [-0.15, -0.1) is 0 Å². The van der Waals surface area contributed by atoms with E-state index in [1.807, 2.05) is 31.6 Å². The summed E-state index contributed by atoms with van der Waals surface area (Å²) in [5.41, 5.74) is 2.93. The number of rotatable bonds is 5. The Kier molecular flexibility index (Phi) is 6.48. The van der Waals surface area contributed by atoms with Crippen molar-refractivity contribution in [2.24, 2.45) is 12.0 Å². The Bertz CT molecular complexity index is 857. The Balaban J connectivity index is 2.53. The monoisotopic (exact) mass is 377 g/mol. The van der Waals surface area contributed by atoms with Crippen molar-refractivity contribution in [3.63, 3.8) is 0 Å². The Morgan fingerprint density at radius 3 is 2.62 bits per heavy atom. The lowest BCUT2D eigenvalue weighted by atomic mass is 9.92. The van der Waals surface area contributed by atoms with Crippen molar-refractivity contribution in [3.8, 4) is 0 Å². The molecule has 5 nitrogen and oxygen atoms in total. The van der Waals surface area contributed by atoms with Crippen LogP contribution in [0.5, 0.6) is 0 Å². The van der Waals surface area contributed by atoms with Gasteiger partial charge in [-0.05, 0) is 31.5 Å². The van der Waals surface area contributed by atoms with Gasteiger partial charge in [-0.3, -0.25) is 14.2 Å². The molecule has 2 rings (SSSR count). The van der Waals surface area contributed by atoms with Gasteiger partial charge in [0.1, 0.15) is 0 Å². The second-order valence-electron chi connectivity index (χ2n) is 7.31. The molecule has 6 heteroatoms. The maximum atomic E-state index is 12.8. The number of carbonyl (C=O) groups is 1. The lowest BCUT2D eigenvalue weighted by Crippen LogP contribution is -2.27. The fraction of sp³-hybridized carbons (Fsp3) is 0.500. The molecule has 1 heterocycles. The van der Waals surface area contributed by atoms with E-state index in [4.69, 9.17) is 16.3 Å². The summed E-state index contributed by atoms with van der Waals surface area (Å²) in [6.45, 7) is 12.1. The van der Waals surface area contributed by atoms with Gasteiger partial charge in [-0.1, -0.05) is 38.4 Å².